The lowest BCUT2D eigenvalue weighted by Gasteiger charge is -2.30. The Bertz CT molecular complexity index is 592. The highest BCUT2D eigenvalue weighted by atomic mass is 28.4. The Balaban J connectivity index is 2.39. The summed E-state index contributed by atoms with van der Waals surface area (Å²) >= 11 is 0. The van der Waals surface area contributed by atoms with Crippen LogP contribution in [0.4, 0.5) is 4.39 Å². The zero-order valence-corrected chi connectivity index (χ0v) is 14.3. The zero-order chi connectivity index (χ0) is 16.0. The molecule has 22 heavy (non-hydrogen) atoms. The van der Waals surface area contributed by atoms with Gasteiger partial charge in [0.1, 0.15) is 0 Å². The van der Waals surface area contributed by atoms with Crippen LogP contribution in [0.1, 0.15) is 26.3 Å². The molecule has 0 amide bonds. The molecule has 0 radical (unpaired) electrons. The normalized spacial score (nSPS) is 13.5. The maximum Gasteiger partial charge on any atom is 0.507 e. The third-order valence-electron chi connectivity index (χ3n) is 3.36. The maximum atomic E-state index is 13.5. The average molecular weight is 322 g/mol. The van der Waals surface area contributed by atoms with E-state index >= 15 is 0 Å². The molecule has 0 bridgehead atoms. The zero-order valence-electron chi connectivity index (χ0n) is 13.3. The van der Waals surface area contributed by atoms with Crippen LogP contribution in [-0.2, 0) is 19.3 Å². The monoisotopic (exact) mass is 322 g/mol. The summed E-state index contributed by atoms with van der Waals surface area (Å²) in [5.74, 6) is 0. The number of fused-ring (bicyclic) bond motifs is 1. The van der Waals surface area contributed by atoms with Crippen molar-refractivity contribution in [2.24, 2.45) is 0 Å². The minimum atomic E-state index is -3.09. The molecule has 0 saturated carbocycles. The molecule has 3 nitrogen and oxygen atoms in total. The van der Waals surface area contributed by atoms with Crippen LogP contribution >= 0.6 is 0 Å². The smallest absolute Gasteiger partial charge is 0.374 e. The van der Waals surface area contributed by atoms with Crippen molar-refractivity contribution in [3.63, 3.8) is 0 Å². The van der Waals surface area contributed by atoms with E-state index in [-0.39, 0.29) is 0 Å². The first-order valence-corrected chi connectivity index (χ1v) is 9.60. The fourth-order valence-electron chi connectivity index (χ4n) is 2.62. The van der Waals surface area contributed by atoms with Gasteiger partial charge in [-0.05, 0) is 37.1 Å². The third kappa shape index (κ3) is 4.13. The van der Waals surface area contributed by atoms with E-state index in [4.69, 9.17) is 13.3 Å². The summed E-state index contributed by atoms with van der Waals surface area (Å²) in [6.45, 7) is 5.97. The Morgan fingerprint density at radius 3 is 2.27 bits per heavy atom. The average Bonchev–Trinajstić information content (AvgIpc) is 2.47. The van der Waals surface area contributed by atoms with Gasteiger partial charge in [-0.25, -0.2) is 4.39 Å². The number of alkyl halides is 1. The molecule has 5 heteroatoms. The fraction of sp³-hybridized carbons (Fsp3) is 0.412. The van der Waals surface area contributed by atoms with Gasteiger partial charge in [0.25, 0.3) is 0 Å². The van der Waals surface area contributed by atoms with Crippen LogP contribution in [0.5, 0.6) is 0 Å². The van der Waals surface area contributed by atoms with Crippen LogP contribution in [0.25, 0.3) is 10.8 Å². The molecule has 0 aliphatic carbocycles. The maximum absolute atomic E-state index is 13.5. The highest BCUT2D eigenvalue weighted by Gasteiger charge is 2.43. The molecular formula is C17H23FO3Si. The topological polar surface area (TPSA) is 27.7 Å². The van der Waals surface area contributed by atoms with Crippen LogP contribution in [-0.4, -0.2) is 28.4 Å². The number of rotatable bonds is 8. The van der Waals surface area contributed by atoms with Gasteiger partial charge in [0, 0.05) is 19.3 Å². The van der Waals surface area contributed by atoms with Crippen molar-refractivity contribution in [3.8, 4) is 0 Å². The Hall–Kier alpha value is -1.27. The van der Waals surface area contributed by atoms with Gasteiger partial charge in [-0.3, -0.25) is 0 Å². The van der Waals surface area contributed by atoms with Crippen molar-refractivity contribution in [1.29, 1.82) is 0 Å². The molecule has 1 unspecified atom stereocenters. The molecule has 0 fully saturated rings. The van der Waals surface area contributed by atoms with Crippen LogP contribution < -0.4 is 0 Å². The van der Waals surface area contributed by atoms with E-state index in [1.807, 2.05) is 38.1 Å². The molecule has 0 N–H and O–H groups in total. The van der Waals surface area contributed by atoms with Gasteiger partial charge >= 0.3 is 8.80 Å². The molecule has 2 aromatic carbocycles. The molecule has 0 aliphatic rings. The highest BCUT2D eigenvalue weighted by Crippen LogP contribution is 2.25. The van der Waals surface area contributed by atoms with Crippen molar-refractivity contribution in [2.75, 3.05) is 13.2 Å². The van der Waals surface area contributed by atoms with E-state index in [9.17, 15) is 4.39 Å². The lowest BCUT2D eigenvalue weighted by molar-refractivity contribution is -0.0161. The van der Waals surface area contributed by atoms with Gasteiger partial charge in [0.2, 0.25) is 0 Å². The van der Waals surface area contributed by atoms with Gasteiger partial charge in [-0.1, -0.05) is 42.5 Å². The fourth-order valence-corrected chi connectivity index (χ4v) is 5.28. The Morgan fingerprint density at radius 1 is 1.00 bits per heavy atom. The second-order valence-corrected chi connectivity index (χ2v) is 7.56. The number of benzene rings is 2. The van der Waals surface area contributed by atoms with E-state index in [0.717, 1.165) is 16.3 Å². The van der Waals surface area contributed by atoms with Crippen molar-refractivity contribution in [3.05, 3.63) is 48.0 Å². The first-order chi connectivity index (χ1) is 10.6. The first-order valence-electron chi connectivity index (χ1n) is 7.66. The van der Waals surface area contributed by atoms with E-state index in [2.05, 4.69) is 18.2 Å². The number of hydrogen-bond acceptors (Lipinski definition) is 3. The second-order valence-electron chi connectivity index (χ2n) is 5.02. The molecule has 120 valence electrons. The van der Waals surface area contributed by atoms with Gasteiger partial charge < -0.3 is 13.3 Å². The minimum Gasteiger partial charge on any atom is -0.374 e. The van der Waals surface area contributed by atoms with Gasteiger partial charge in [0.05, 0.1) is 0 Å². The summed E-state index contributed by atoms with van der Waals surface area (Å²) in [6, 6.07) is 14.6. The van der Waals surface area contributed by atoms with E-state index in [1.54, 1.807) is 0 Å². The molecule has 2 rings (SSSR count). The molecule has 0 aromatic heterocycles. The summed E-state index contributed by atoms with van der Waals surface area (Å²) in [4.78, 5) is 0. The van der Waals surface area contributed by atoms with Crippen molar-refractivity contribution < 1.29 is 17.7 Å². The first kappa shape index (κ1) is 17.1. The quantitative estimate of drug-likeness (QED) is 0.680. The van der Waals surface area contributed by atoms with Crippen LogP contribution in [0.3, 0.4) is 0 Å². The standard InChI is InChI=1S/C17H23FO3Si/c1-4-19-22(20-5-2,21-14(3)18)13-16-11-8-10-15-9-6-7-12-17(15)16/h6-12,14H,4-5,13H2,1-3H3. The van der Waals surface area contributed by atoms with Gasteiger partial charge in [-0.15, -0.1) is 0 Å². The van der Waals surface area contributed by atoms with E-state index in [0.29, 0.717) is 19.3 Å². The largest absolute Gasteiger partial charge is 0.507 e. The van der Waals surface area contributed by atoms with Crippen molar-refractivity contribution in [1.82, 2.24) is 0 Å². The van der Waals surface area contributed by atoms with E-state index < -0.39 is 15.2 Å². The summed E-state index contributed by atoms with van der Waals surface area (Å²) in [5, 5.41) is 2.26. The molecule has 0 spiro atoms. The lowest BCUT2D eigenvalue weighted by Crippen LogP contribution is -2.50. The Kier molecular flexibility index (Phi) is 6.08. The summed E-state index contributed by atoms with van der Waals surface area (Å²) in [6.07, 6.45) is -1.42. The summed E-state index contributed by atoms with van der Waals surface area (Å²) < 4.78 is 30.6. The molecule has 0 aliphatic heterocycles. The Morgan fingerprint density at radius 2 is 1.64 bits per heavy atom. The van der Waals surface area contributed by atoms with Crippen molar-refractivity contribution >= 4 is 19.6 Å². The van der Waals surface area contributed by atoms with Crippen LogP contribution in [0.15, 0.2) is 42.5 Å². The third-order valence-corrected chi connectivity index (χ3v) is 6.31. The molecule has 1 atom stereocenters. The molecule has 0 saturated heterocycles. The summed E-state index contributed by atoms with van der Waals surface area (Å²) in [5.41, 5.74) is 1.06. The molecule has 2 aromatic rings. The predicted octanol–water partition coefficient (Wildman–Crippen LogP) is 4.27. The SMILES string of the molecule is CCO[Si](Cc1cccc2ccccc12)(OCC)OC(C)F. The second kappa shape index (κ2) is 7.83. The predicted molar refractivity (Wildman–Crippen MR) is 88.3 cm³/mol. The van der Waals surface area contributed by atoms with Gasteiger partial charge in [0.15, 0.2) is 6.36 Å². The van der Waals surface area contributed by atoms with Crippen LogP contribution in [0.2, 0.25) is 0 Å². The highest BCUT2D eigenvalue weighted by molar-refractivity contribution is 6.60. The lowest BCUT2D eigenvalue weighted by atomic mass is 10.1. The summed E-state index contributed by atoms with van der Waals surface area (Å²) in [7, 11) is -3.09. The van der Waals surface area contributed by atoms with Gasteiger partial charge in [-0.2, -0.15) is 0 Å². The number of hydrogen-bond donors (Lipinski definition) is 0. The molecular weight excluding hydrogens is 299 g/mol. The minimum absolute atomic E-state index is 0.434. The Labute approximate surface area is 132 Å². The molecule has 0 heterocycles. The number of halogens is 1. The van der Waals surface area contributed by atoms with E-state index in [1.165, 1.54) is 6.92 Å². The van der Waals surface area contributed by atoms with Crippen LogP contribution in [0, 0.1) is 0 Å². The van der Waals surface area contributed by atoms with Crippen molar-refractivity contribution in [2.45, 2.75) is 33.2 Å².